The third kappa shape index (κ3) is 8.05. The topological polar surface area (TPSA) is 209 Å². The van der Waals surface area contributed by atoms with Gasteiger partial charge in [0.05, 0.1) is 47.4 Å². The molecule has 0 spiro atoms. The number of nitrogens with one attached hydrogen (secondary N) is 3. The zero-order valence-corrected chi connectivity index (χ0v) is 23.7. The predicted octanol–water partition coefficient (Wildman–Crippen LogP) is -1.40. The molecule has 186 valence electrons. The molecule has 0 aromatic heterocycles. The Morgan fingerprint density at radius 1 is 0.909 bits per heavy atom. The molecule has 0 heterocycles. The van der Waals surface area contributed by atoms with Gasteiger partial charge in [0.1, 0.15) is 24.1 Å². The number of rotatable bonds is 12. The van der Waals surface area contributed by atoms with E-state index < -0.39 is 42.8 Å². The van der Waals surface area contributed by atoms with Crippen LogP contribution in [0.5, 0.6) is 0 Å². The average Bonchev–Trinajstić information content (AvgIpc) is 2.77. The van der Waals surface area contributed by atoms with Gasteiger partial charge in [0, 0.05) is 6.54 Å². The summed E-state index contributed by atoms with van der Waals surface area (Å²) in [5.41, 5.74) is 0.587. The minimum atomic E-state index is -2.19. The molecule has 0 unspecified atom stereocenters. The Kier molecular flexibility index (Phi) is 13.2. The first kappa shape index (κ1) is 30.6. The van der Waals surface area contributed by atoms with Gasteiger partial charge in [-0.2, -0.15) is 0 Å². The first-order valence-electron chi connectivity index (χ1n) is 9.35. The summed E-state index contributed by atoms with van der Waals surface area (Å²) in [6, 6.07) is 0. The van der Waals surface area contributed by atoms with Crippen molar-refractivity contribution >= 4 is 96.7 Å². The zero-order valence-electron chi connectivity index (χ0n) is 17.2. The summed E-state index contributed by atoms with van der Waals surface area (Å²) in [4.78, 5) is 36.8. The fourth-order valence-corrected chi connectivity index (χ4v) is 6.78. The number of aliphatic hydroxyl groups is 6. The summed E-state index contributed by atoms with van der Waals surface area (Å²) in [6.07, 6.45) is -8.09. The number of benzene rings is 1. The van der Waals surface area contributed by atoms with Crippen LogP contribution >= 0.6 is 67.8 Å². The van der Waals surface area contributed by atoms with Crippen LogP contribution in [0.15, 0.2) is 0 Å². The van der Waals surface area contributed by atoms with Gasteiger partial charge in [0.15, 0.2) is 6.10 Å². The predicted molar refractivity (Wildman–Crippen MR) is 143 cm³/mol. The Balaban J connectivity index is 3.43. The maximum absolute atomic E-state index is 12.7. The molecule has 1 aromatic rings. The maximum Gasteiger partial charge on any atom is 0.256 e. The second-order valence-electron chi connectivity index (χ2n) is 6.77. The third-order valence-electron chi connectivity index (χ3n) is 4.23. The van der Waals surface area contributed by atoms with E-state index in [2.05, 4.69) is 16.0 Å². The SMILES string of the molecule is CC(=O)CNc1c(I)c(NC(=O)[C@H](O)[C@@H](O)[C@H](O)[C@H](O)CO)c(I)c(C(=O)NCCO)c1I. The lowest BCUT2D eigenvalue weighted by atomic mass is 10.0. The molecule has 0 aliphatic heterocycles. The second kappa shape index (κ2) is 14.2. The third-order valence-corrected chi connectivity index (χ3v) is 7.46. The highest BCUT2D eigenvalue weighted by Crippen LogP contribution is 2.39. The number of aliphatic hydroxyl groups excluding tert-OH is 6. The zero-order chi connectivity index (χ0) is 25.5. The van der Waals surface area contributed by atoms with Crippen molar-refractivity contribution in [2.45, 2.75) is 31.3 Å². The van der Waals surface area contributed by atoms with E-state index in [0.717, 1.165) is 0 Å². The van der Waals surface area contributed by atoms with Crippen molar-refractivity contribution < 1.29 is 45.0 Å². The van der Waals surface area contributed by atoms with E-state index in [1.165, 1.54) is 6.92 Å². The second-order valence-corrected chi connectivity index (χ2v) is 10.0. The van der Waals surface area contributed by atoms with Crippen LogP contribution in [-0.2, 0) is 9.59 Å². The van der Waals surface area contributed by atoms with Crippen molar-refractivity contribution in [3.8, 4) is 0 Å². The summed E-state index contributed by atoms with van der Waals surface area (Å²) >= 11 is 5.60. The number of amides is 2. The summed E-state index contributed by atoms with van der Waals surface area (Å²) in [5, 5.41) is 65.0. The lowest BCUT2D eigenvalue weighted by Gasteiger charge is -2.26. The molecule has 0 bridgehead atoms. The molecule has 0 saturated carbocycles. The van der Waals surface area contributed by atoms with E-state index in [4.69, 9.17) is 10.2 Å². The van der Waals surface area contributed by atoms with Gasteiger partial charge in [-0.25, -0.2) is 0 Å². The lowest BCUT2D eigenvalue weighted by molar-refractivity contribution is -0.144. The van der Waals surface area contributed by atoms with Crippen LogP contribution in [0.3, 0.4) is 0 Å². The fraction of sp³-hybridized carbons (Fsp3) is 0.500. The van der Waals surface area contributed by atoms with Gasteiger partial charge in [0.2, 0.25) is 0 Å². The summed E-state index contributed by atoms with van der Waals surface area (Å²) < 4.78 is 1.11. The highest BCUT2D eigenvalue weighted by atomic mass is 127. The molecule has 9 N–H and O–H groups in total. The van der Waals surface area contributed by atoms with Crippen LogP contribution in [-0.4, -0.2) is 99.0 Å². The number of halogens is 3. The smallest absolute Gasteiger partial charge is 0.256 e. The Bertz CT molecular complexity index is 888. The van der Waals surface area contributed by atoms with Gasteiger partial charge in [-0.05, 0) is 74.7 Å². The van der Waals surface area contributed by atoms with Crippen molar-refractivity contribution in [1.29, 1.82) is 0 Å². The molecule has 2 amide bonds. The number of carbonyl (C=O) groups excluding carboxylic acids is 3. The molecule has 4 atom stereocenters. The molecule has 12 nitrogen and oxygen atoms in total. The number of Topliss-reactive ketones (excluding diaryl/α,β-unsaturated/α-hetero) is 1. The van der Waals surface area contributed by atoms with Gasteiger partial charge in [-0.3, -0.25) is 14.4 Å². The van der Waals surface area contributed by atoms with E-state index in [-0.39, 0.29) is 40.3 Å². The van der Waals surface area contributed by atoms with Crippen molar-refractivity contribution in [2.75, 3.05) is 36.9 Å². The molecular weight excluding hydrogens is 783 g/mol. The Morgan fingerprint density at radius 2 is 1.48 bits per heavy atom. The van der Waals surface area contributed by atoms with Gasteiger partial charge in [0.25, 0.3) is 11.8 Å². The van der Waals surface area contributed by atoms with Crippen LogP contribution < -0.4 is 16.0 Å². The van der Waals surface area contributed by atoms with Crippen molar-refractivity contribution in [2.24, 2.45) is 0 Å². The van der Waals surface area contributed by atoms with E-state index in [0.29, 0.717) is 12.8 Å². The average molecular weight is 807 g/mol. The quantitative estimate of drug-likeness (QED) is 0.113. The summed E-state index contributed by atoms with van der Waals surface area (Å²) in [5.74, 6) is -1.90. The highest BCUT2D eigenvalue weighted by Gasteiger charge is 2.35. The van der Waals surface area contributed by atoms with Crippen LogP contribution in [0, 0.1) is 10.7 Å². The molecule has 1 rings (SSSR count). The highest BCUT2D eigenvalue weighted by molar-refractivity contribution is 14.1. The molecular formula is C18H24I3N3O9. The standard InChI is InChI=1S/C18H24I3N3O9/c1-6(27)4-23-12-9(19)8(17(32)22-2-3-25)10(20)13(11(12)21)24-18(33)16(31)15(30)14(29)7(28)5-26/h7,14-16,23,25-26,28-31H,2-5H2,1H3,(H,22,32)(H,24,33)/t7-,14-,15+,16-/m1/s1. The van der Waals surface area contributed by atoms with Crippen molar-refractivity contribution in [3.63, 3.8) is 0 Å². The van der Waals surface area contributed by atoms with E-state index >= 15 is 0 Å². The van der Waals surface area contributed by atoms with Crippen molar-refractivity contribution in [1.82, 2.24) is 5.32 Å². The van der Waals surface area contributed by atoms with E-state index in [9.17, 15) is 34.8 Å². The van der Waals surface area contributed by atoms with Gasteiger partial charge in [-0.15, -0.1) is 0 Å². The van der Waals surface area contributed by atoms with Crippen molar-refractivity contribution in [3.05, 3.63) is 16.3 Å². The lowest BCUT2D eigenvalue weighted by Crippen LogP contribution is -2.50. The summed E-state index contributed by atoms with van der Waals surface area (Å²) in [7, 11) is 0. The molecule has 0 saturated heterocycles. The Hall–Kier alpha value is -0.420. The van der Waals surface area contributed by atoms with Crippen LogP contribution in [0.2, 0.25) is 0 Å². The number of carbonyl (C=O) groups is 3. The van der Waals surface area contributed by atoms with Gasteiger partial charge in [-0.1, -0.05) is 0 Å². The maximum atomic E-state index is 12.7. The van der Waals surface area contributed by atoms with Crippen LogP contribution in [0.25, 0.3) is 0 Å². The molecule has 0 aliphatic carbocycles. The molecule has 33 heavy (non-hydrogen) atoms. The monoisotopic (exact) mass is 807 g/mol. The first-order chi connectivity index (χ1) is 15.4. The fourth-order valence-electron chi connectivity index (χ4n) is 2.47. The minimum absolute atomic E-state index is 0.0230. The minimum Gasteiger partial charge on any atom is -0.395 e. The normalized spacial score (nSPS) is 14.7. The van der Waals surface area contributed by atoms with E-state index in [1.807, 2.05) is 67.8 Å². The molecule has 15 heteroatoms. The molecule has 1 aromatic carbocycles. The number of hydrogen-bond acceptors (Lipinski definition) is 10. The van der Waals surface area contributed by atoms with E-state index in [1.54, 1.807) is 0 Å². The molecule has 0 radical (unpaired) electrons. The van der Waals surface area contributed by atoms with Crippen LogP contribution in [0.1, 0.15) is 17.3 Å². The molecule has 0 fully saturated rings. The Labute approximate surface area is 229 Å². The van der Waals surface area contributed by atoms with Gasteiger partial charge >= 0.3 is 0 Å². The number of ketones is 1. The number of anilines is 2. The molecule has 0 aliphatic rings. The van der Waals surface area contributed by atoms with Gasteiger partial charge < -0.3 is 46.6 Å². The Morgan fingerprint density at radius 3 is 2.00 bits per heavy atom. The first-order valence-corrected chi connectivity index (χ1v) is 12.6. The van der Waals surface area contributed by atoms with Crippen LogP contribution in [0.4, 0.5) is 11.4 Å². The summed E-state index contributed by atoms with van der Waals surface area (Å²) in [6.45, 7) is 0.0708. The largest absolute Gasteiger partial charge is 0.395 e. The number of hydrogen-bond donors (Lipinski definition) is 9.